The maximum absolute atomic E-state index is 13.9. The Morgan fingerprint density at radius 2 is 0.696 bits per heavy atom. The van der Waals surface area contributed by atoms with E-state index in [0.717, 1.165) is 55.3 Å². The molecule has 0 N–H and O–H groups in total. The largest absolute Gasteiger partial charge is 0.462 e. The number of rotatable bonds is 20. The number of para-hydroxylation sites is 4. The second kappa shape index (κ2) is 43.4. The fourth-order valence-corrected chi connectivity index (χ4v) is 20.2. The normalized spacial score (nSPS) is 15.1. The van der Waals surface area contributed by atoms with Crippen LogP contribution in [0.3, 0.4) is 0 Å². The number of alkyl halides is 3. The summed E-state index contributed by atoms with van der Waals surface area (Å²) in [4.78, 5) is 174. The van der Waals surface area contributed by atoms with E-state index in [0.29, 0.717) is 161 Å². The predicted molar refractivity (Wildman–Crippen MR) is 516 cm³/mol. The summed E-state index contributed by atoms with van der Waals surface area (Å²) in [6.07, 6.45) is 1.19. The molecule has 8 aromatic heterocycles. The van der Waals surface area contributed by atoms with Crippen LogP contribution < -0.4 is 41.8 Å². The number of thiophene rings is 3. The Morgan fingerprint density at radius 1 is 0.393 bits per heavy atom. The molecule has 4 saturated heterocycles. The first-order valence-corrected chi connectivity index (χ1v) is 48.1. The van der Waals surface area contributed by atoms with E-state index in [2.05, 4.69) is 35.7 Å². The molecular weight excluding hydrogens is 1800 g/mol. The van der Waals surface area contributed by atoms with Gasteiger partial charge in [-0.3, -0.25) is 42.9 Å². The summed E-state index contributed by atoms with van der Waals surface area (Å²) in [6.45, 7) is 22.1. The molecule has 0 bridgehead atoms. The van der Waals surface area contributed by atoms with Gasteiger partial charge in [-0.1, -0.05) is 136 Å². The molecule has 0 radical (unpaired) electrons. The summed E-state index contributed by atoms with van der Waals surface area (Å²) in [7, 11) is 1.65. The van der Waals surface area contributed by atoms with E-state index in [1.54, 1.807) is 102 Å². The summed E-state index contributed by atoms with van der Waals surface area (Å²) >= 11 is 4.22. The van der Waals surface area contributed by atoms with Gasteiger partial charge in [-0.15, -0.1) is 34.0 Å². The first kappa shape index (κ1) is 97.8. The van der Waals surface area contributed by atoms with Crippen molar-refractivity contribution in [2.24, 2.45) is 18.4 Å². The van der Waals surface area contributed by atoms with Gasteiger partial charge in [-0.2, -0.15) is 13.2 Å². The Balaban J connectivity index is 0.000000144. The van der Waals surface area contributed by atoms with Crippen molar-refractivity contribution in [2.75, 3.05) is 151 Å². The fraction of sp³-hybridized carbons (Fsp3) is 0.404. The highest BCUT2D eigenvalue weighted by atomic mass is 32.1. The van der Waals surface area contributed by atoms with Crippen molar-refractivity contribution in [1.29, 1.82) is 0 Å². The Kier molecular flexibility index (Phi) is 31.5. The highest BCUT2D eigenvalue weighted by Gasteiger charge is 2.39. The zero-order valence-electron chi connectivity index (χ0n) is 77.0. The lowest BCUT2D eigenvalue weighted by molar-refractivity contribution is -0.140. The molecule has 712 valence electrons. The van der Waals surface area contributed by atoms with Crippen molar-refractivity contribution < 1.29 is 75.0 Å². The first-order valence-electron chi connectivity index (χ1n) is 45.5. The van der Waals surface area contributed by atoms with E-state index < -0.39 is 53.3 Å². The number of piperazine rings is 4. The molecule has 5 aliphatic rings. The lowest BCUT2D eigenvalue weighted by Crippen LogP contribution is -2.49. The van der Waals surface area contributed by atoms with E-state index in [4.69, 9.17) is 23.5 Å². The van der Waals surface area contributed by atoms with Crippen LogP contribution in [0.2, 0.25) is 0 Å². The first-order chi connectivity index (χ1) is 64.9. The van der Waals surface area contributed by atoms with Gasteiger partial charge in [0, 0.05) is 152 Å². The summed E-state index contributed by atoms with van der Waals surface area (Å²) in [5, 5.41) is 12.3. The van der Waals surface area contributed by atoms with E-state index in [1.807, 2.05) is 128 Å². The summed E-state index contributed by atoms with van der Waals surface area (Å²) in [5.74, 6) is -2.02. The van der Waals surface area contributed by atoms with Crippen molar-refractivity contribution in [3.8, 4) is 0 Å². The van der Waals surface area contributed by atoms with Crippen LogP contribution in [0.5, 0.6) is 0 Å². The monoisotopic (exact) mass is 1910 g/mol. The van der Waals surface area contributed by atoms with Gasteiger partial charge in [0.05, 0.1) is 85.9 Å². The maximum atomic E-state index is 13.9. The van der Waals surface area contributed by atoms with Crippen molar-refractivity contribution in [2.45, 2.75) is 113 Å². The van der Waals surface area contributed by atoms with Gasteiger partial charge in [0.15, 0.2) is 5.69 Å². The Labute approximate surface area is 789 Å². The molecule has 4 aliphatic heterocycles. The SMILES string of the molecule is CCOC(=O)c1c(N2CCN(C(=O)c3cc(C)on3)CC2)c2ccccc2n(C)c1=O.CCOC(=O)c1c(N2CCN(C(=O)c3cccs3)CC2)c2ccccc2n(CC(C)(C)C)c1=O.CCOC(=O)c1c(N2CCN(C(=O)c3cccs3)CC2)c2ccccc2n(CC(F)(F)F)c1=O.CCOC(=O)c1c(N2CCN(C(=O)c3cccs3)CC2)c2ccccc2n(CC2CCCCC2)c1=O. The van der Waals surface area contributed by atoms with E-state index in [1.165, 1.54) is 63.9 Å². The lowest BCUT2D eigenvalue weighted by atomic mass is 9.89. The minimum Gasteiger partial charge on any atom is -0.462 e. The number of benzene rings is 4. The molecule has 17 rings (SSSR count). The third kappa shape index (κ3) is 21.9. The van der Waals surface area contributed by atoms with Crippen LogP contribution in [0.15, 0.2) is 179 Å². The van der Waals surface area contributed by atoms with Crippen LogP contribution in [0, 0.1) is 18.3 Å². The van der Waals surface area contributed by atoms with Crippen LogP contribution in [-0.4, -0.2) is 228 Å². The number of hydrogen-bond acceptors (Lipinski definition) is 25. The van der Waals surface area contributed by atoms with E-state index >= 15 is 0 Å². The zero-order valence-corrected chi connectivity index (χ0v) is 79.4. The molecule has 36 heteroatoms. The Bertz CT molecular complexity index is 6390. The number of anilines is 4. The Hall–Kier alpha value is -13.2. The van der Waals surface area contributed by atoms with E-state index in [-0.39, 0.29) is 100 Å². The highest BCUT2D eigenvalue weighted by molar-refractivity contribution is 7.12. The third-order valence-corrected chi connectivity index (χ3v) is 26.9. The number of halogens is 3. The molecule has 5 fully saturated rings. The molecule has 1 saturated carbocycles. The van der Waals surface area contributed by atoms with Crippen molar-refractivity contribution in [3.05, 3.63) is 245 Å². The maximum Gasteiger partial charge on any atom is 0.406 e. The number of pyridine rings is 4. The van der Waals surface area contributed by atoms with Crippen molar-refractivity contribution in [3.63, 3.8) is 0 Å². The van der Waals surface area contributed by atoms with Crippen LogP contribution in [0.25, 0.3) is 43.6 Å². The number of carbonyl (C=O) groups is 8. The number of esters is 4. The van der Waals surface area contributed by atoms with Gasteiger partial charge in [-0.25, -0.2) is 19.2 Å². The lowest BCUT2D eigenvalue weighted by Gasteiger charge is -2.37. The summed E-state index contributed by atoms with van der Waals surface area (Å²) in [5.41, 5.74) is 2.32. The van der Waals surface area contributed by atoms with Crippen LogP contribution in [0.1, 0.15) is 167 Å². The van der Waals surface area contributed by atoms with Gasteiger partial charge in [-0.05, 0) is 117 Å². The van der Waals surface area contributed by atoms with Crippen LogP contribution >= 0.6 is 34.0 Å². The topological polar surface area (TPSA) is 313 Å². The standard InChI is InChI=1S/C28H33N3O4S.C26H31N3O4S.C23H22F3N3O4S.C22H24N4O5/c1-2-35-28(34)24-25(29-14-16-30(17-15-29)26(32)23-13-8-18-36-23)21-11-6-7-12-22(21)31(27(24)33)19-20-9-4-3-5-10-20;1-5-33-25(32)21-22(27-12-14-28(15-13-27)23(30)20-11-8-16-34-20)18-9-6-7-10-19(18)29(24(21)31)17-26(2,3)4;1-2-33-22(32)18-19(27-9-11-28(12-10-27)20(30)17-8-5-13-34-17)15-6-3-4-7-16(15)29(21(18)31)14-23(24,25)26;1-4-30-22(29)18-19(15-7-5-6-8-17(15)24(3)21(18)28)25-9-11-26(12-10-25)20(27)16-13-14(2)31-23-16/h6-8,11-13,18,20H,2-5,9-10,14-17,19H2,1H3;6-11,16H,5,12-15,17H2,1-4H3;3-8,13H,2,9-12,14H2,1H3;5-8,13H,4,9-12H2,1-3H3. The number of hydrogen-bond donors (Lipinski definition) is 0. The number of aryl methyl sites for hydroxylation is 2. The average Bonchev–Trinajstić information content (AvgIpc) is 0.855. The molecule has 0 atom stereocenters. The minimum atomic E-state index is -4.66. The van der Waals surface area contributed by atoms with Gasteiger partial charge in [0.25, 0.3) is 45.9 Å². The number of ether oxygens (including phenoxy) is 4. The molecular formula is C99H110F3N13O17S3. The van der Waals surface area contributed by atoms with Gasteiger partial charge in [0.1, 0.15) is 34.6 Å². The number of aromatic nitrogens is 5. The summed E-state index contributed by atoms with van der Waals surface area (Å²) in [6, 6.07) is 41.8. The molecule has 12 aromatic rings. The number of fused-ring (bicyclic) bond motifs is 4. The molecule has 0 unspecified atom stereocenters. The van der Waals surface area contributed by atoms with Crippen molar-refractivity contribution >= 4 is 148 Å². The minimum absolute atomic E-state index is 0.0192. The second-order valence-electron chi connectivity index (χ2n) is 34.5. The average molecular weight is 1910 g/mol. The third-order valence-electron chi connectivity index (χ3n) is 24.3. The number of nitrogens with zero attached hydrogens (tertiary/aromatic N) is 13. The molecule has 12 heterocycles. The summed E-state index contributed by atoms with van der Waals surface area (Å²) < 4.78 is 71.4. The second-order valence-corrected chi connectivity index (χ2v) is 37.3. The molecule has 4 amide bonds. The zero-order chi connectivity index (χ0) is 96.1. The molecule has 0 spiro atoms. The Morgan fingerprint density at radius 3 is 1.01 bits per heavy atom. The highest BCUT2D eigenvalue weighted by Crippen LogP contribution is 2.39. The molecule has 1 aliphatic carbocycles. The molecule has 4 aromatic carbocycles. The smallest absolute Gasteiger partial charge is 0.406 e. The van der Waals surface area contributed by atoms with E-state index in [9.17, 15) is 70.7 Å². The quantitative estimate of drug-likeness (QED) is 0.0505. The number of amides is 4. The predicted octanol–water partition coefficient (Wildman–Crippen LogP) is 14.8. The van der Waals surface area contributed by atoms with Gasteiger partial charge >= 0.3 is 30.1 Å². The number of carbonyl (C=O) groups excluding carboxylic acids is 8. The van der Waals surface area contributed by atoms with Gasteiger partial charge < -0.3 is 76.4 Å². The van der Waals surface area contributed by atoms with Crippen LogP contribution in [-0.2, 0) is 45.6 Å². The van der Waals surface area contributed by atoms with Crippen LogP contribution in [0.4, 0.5) is 35.9 Å². The fourth-order valence-electron chi connectivity index (χ4n) is 18.1. The van der Waals surface area contributed by atoms with Crippen molar-refractivity contribution in [1.82, 2.24) is 43.0 Å². The molecule has 135 heavy (non-hydrogen) atoms. The van der Waals surface area contributed by atoms with Gasteiger partial charge in [0.2, 0.25) is 0 Å². The molecule has 30 nitrogen and oxygen atoms in total.